The summed E-state index contributed by atoms with van der Waals surface area (Å²) in [5.74, 6) is -4.46. The molecule has 0 spiro atoms. The molecule has 4 N–H and O–H groups in total. The Hall–Kier alpha value is -1.92. The molecule has 1 saturated carbocycles. The number of carbonyl (C=O) groups is 4. The van der Waals surface area contributed by atoms with Gasteiger partial charge in [-0.3, -0.25) is 24.5 Å². The maximum absolute atomic E-state index is 11.6. The van der Waals surface area contributed by atoms with Crippen LogP contribution < -0.4 is 11.1 Å². The highest BCUT2D eigenvalue weighted by atomic mass is 16.4. The summed E-state index contributed by atoms with van der Waals surface area (Å²) >= 11 is 0. The summed E-state index contributed by atoms with van der Waals surface area (Å²) in [5, 5.41) is 11.0. The molecule has 3 amide bonds. The first-order valence-corrected chi connectivity index (χ1v) is 4.58. The Morgan fingerprint density at radius 3 is 1.88 bits per heavy atom. The molecule has 2 fully saturated rings. The minimum atomic E-state index is -2.05. The maximum atomic E-state index is 11.6. The Morgan fingerprint density at radius 1 is 1.19 bits per heavy atom. The average molecular weight is 226 g/mol. The van der Waals surface area contributed by atoms with Gasteiger partial charge in [0.25, 0.3) is 0 Å². The maximum Gasteiger partial charge on any atom is 0.321 e. The molecule has 1 aliphatic heterocycles. The molecule has 0 aromatic heterocycles. The van der Waals surface area contributed by atoms with Gasteiger partial charge in [-0.15, -0.1) is 0 Å². The van der Waals surface area contributed by atoms with Crippen molar-refractivity contribution in [3.63, 3.8) is 0 Å². The summed E-state index contributed by atoms with van der Waals surface area (Å²) in [6.07, 6.45) is 0. The van der Waals surface area contributed by atoms with E-state index in [0.29, 0.717) is 0 Å². The standard InChI is InChI=1S/C9H10N2O5/c1-7(2)8(3(10)12)4(13)11-5(14)9(7,8)6(15)16/h1-2H3,(H2,10,12)(H,15,16)(H,11,13,14)/t8-,9-/m0/s1. The third kappa shape index (κ3) is 0.568. The van der Waals surface area contributed by atoms with E-state index in [1.54, 1.807) is 0 Å². The molecule has 7 heteroatoms. The number of rotatable bonds is 2. The smallest absolute Gasteiger partial charge is 0.321 e. The van der Waals surface area contributed by atoms with Crippen LogP contribution in [0.15, 0.2) is 0 Å². The third-order valence-electron chi connectivity index (χ3n) is 3.97. The second-order valence-corrected chi connectivity index (χ2v) is 4.58. The molecule has 0 unspecified atom stereocenters. The highest BCUT2D eigenvalue weighted by Gasteiger charge is 2.99. The summed E-state index contributed by atoms with van der Waals surface area (Å²) in [6, 6.07) is 0. The number of fused-ring (bicyclic) bond motifs is 1. The van der Waals surface area contributed by atoms with Crippen molar-refractivity contribution in [2.24, 2.45) is 22.0 Å². The molecule has 7 nitrogen and oxygen atoms in total. The first-order chi connectivity index (χ1) is 7.19. The van der Waals surface area contributed by atoms with Gasteiger partial charge in [0.2, 0.25) is 17.7 Å². The lowest BCUT2D eigenvalue weighted by Gasteiger charge is -2.13. The SMILES string of the molecule is CC1(C)[C@]2(C(N)=O)C(=O)NC(=O)[C@]12C(=O)O. The first kappa shape index (κ1) is 10.6. The molecule has 16 heavy (non-hydrogen) atoms. The van der Waals surface area contributed by atoms with E-state index in [2.05, 4.69) is 0 Å². The summed E-state index contributed by atoms with van der Waals surface area (Å²) in [6.45, 7) is 2.76. The number of primary amides is 1. The zero-order valence-electron chi connectivity index (χ0n) is 8.66. The summed E-state index contributed by atoms with van der Waals surface area (Å²) in [4.78, 5) is 45.8. The van der Waals surface area contributed by atoms with E-state index < -0.39 is 39.9 Å². The van der Waals surface area contributed by atoms with Gasteiger partial charge in [0.1, 0.15) is 0 Å². The number of carbonyl (C=O) groups excluding carboxylic acids is 3. The summed E-state index contributed by atoms with van der Waals surface area (Å²) < 4.78 is 0. The van der Waals surface area contributed by atoms with E-state index in [-0.39, 0.29) is 0 Å². The number of carboxylic acid groups (broad SMARTS) is 1. The van der Waals surface area contributed by atoms with E-state index in [9.17, 15) is 19.2 Å². The van der Waals surface area contributed by atoms with Crippen molar-refractivity contribution < 1.29 is 24.3 Å². The number of hydrogen-bond acceptors (Lipinski definition) is 4. The number of hydrogen-bond donors (Lipinski definition) is 3. The lowest BCUT2D eigenvalue weighted by atomic mass is 9.94. The zero-order chi connectivity index (χ0) is 12.5. The molecule has 0 aromatic carbocycles. The highest BCUT2D eigenvalue weighted by molar-refractivity contribution is 6.33. The van der Waals surface area contributed by atoms with Gasteiger partial charge in [0.05, 0.1) is 0 Å². The minimum Gasteiger partial charge on any atom is -0.480 e. The Balaban J connectivity index is 2.77. The van der Waals surface area contributed by atoms with E-state index in [0.717, 1.165) is 0 Å². The molecule has 2 aliphatic rings. The van der Waals surface area contributed by atoms with Crippen LogP contribution in [0, 0.1) is 16.2 Å². The number of imide groups is 1. The van der Waals surface area contributed by atoms with Crippen molar-refractivity contribution in [1.29, 1.82) is 0 Å². The van der Waals surface area contributed by atoms with E-state index in [4.69, 9.17) is 10.8 Å². The second-order valence-electron chi connectivity index (χ2n) is 4.58. The van der Waals surface area contributed by atoms with Crippen LogP contribution in [0.4, 0.5) is 0 Å². The molecule has 0 bridgehead atoms. The minimum absolute atomic E-state index is 0.919. The van der Waals surface area contributed by atoms with Crippen molar-refractivity contribution >= 4 is 23.7 Å². The monoisotopic (exact) mass is 226 g/mol. The van der Waals surface area contributed by atoms with Crippen LogP contribution in [0.1, 0.15) is 13.8 Å². The number of amides is 3. The Kier molecular flexibility index (Phi) is 1.49. The van der Waals surface area contributed by atoms with E-state index >= 15 is 0 Å². The van der Waals surface area contributed by atoms with Crippen LogP contribution in [0.2, 0.25) is 0 Å². The van der Waals surface area contributed by atoms with Gasteiger partial charge in [-0.1, -0.05) is 13.8 Å². The van der Waals surface area contributed by atoms with Gasteiger partial charge < -0.3 is 10.8 Å². The van der Waals surface area contributed by atoms with Crippen molar-refractivity contribution in [2.45, 2.75) is 13.8 Å². The van der Waals surface area contributed by atoms with Crippen LogP contribution in [-0.4, -0.2) is 28.8 Å². The number of nitrogens with two attached hydrogens (primary N) is 1. The Labute approximate surface area is 90.0 Å². The Morgan fingerprint density at radius 2 is 1.62 bits per heavy atom. The average Bonchev–Trinajstić information content (AvgIpc) is 2.44. The molecule has 86 valence electrons. The zero-order valence-corrected chi connectivity index (χ0v) is 8.66. The molecule has 1 saturated heterocycles. The fourth-order valence-electron chi connectivity index (χ4n) is 3.20. The molecule has 1 heterocycles. The normalized spacial score (nSPS) is 38.9. The topological polar surface area (TPSA) is 127 Å². The molecular formula is C9H10N2O5. The summed E-state index contributed by atoms with van der Waals surface area (Å²) in [7, 11) is 0. The number of aliphatic carboxylic acids is 1. The number of piperidine rings is 1. The Bertz CT molecular complexity index is 429. The third-order valence-corrected chi connectivity index (χ3v) is 3.97. The lowest BCUT2D eigenvalue weighted by Crippen LogP contribution is -2.41. The molecular weight excluding hydrogens is 216 g/mol. The van der Waals surface area contributed by atoms with E-state index in [1.165, 1.54) is 13.8 Å². The van der Waals surface area contributed by atoms with Gasteiger partial charge >= 0.3 is 5.97 Å². The van der Waals surface area contributed by atoms with Gasteiger partial charge in [0.15, 0.2) is 10.8 Å². The fraction of sp³-hybridized carbons (Fsp3) is 0.556. The molecule has 0 aromatic rings. The van der Waals surface area contributed by atoms with Crippen LogP contribution in [0.3, 0.4) is 0 Å². The second kappa shape index (κ2) is 2.26. The quantitative estimate of drug-likeness (QED) is 0.379. The van der Waals surface area contributed by atoms with Crippen molar-refractivity contribution in [3.05, 3.63) is 0 Å². The molecule has 1 aliphatic carbocycles. The molecule has 0 radical (unpaired) electrons. The van der Waals surface area contributed by atoms with Crippen molar-refractivity contribution in [3.8, 4) is 0 Å². The molecule has 2 atom stereocenters. The number of nitrogens with one attached hydrogen (secondary N) is 1. The predicted molar refractivity (Wildman–Crippen MR) is 48.6 cm³/mol. The van der Waals surface area contributed by atoms with Gasteiger partial charge in [-0.2, -0.15) is 0 Å². The van der Waals surface area contributed by atoms with Crippen LogP contribution in [0.25, 0.3) is 0 Å². The van der Waals surface area contributed by atoms with E-state index in [1.807, 2.05) is 5.32 Å². The van der Waals surface area contributed by atoms with Crippen molar-refractivity contribution in [2.75, 3.05) is 0 Å². The molecule has 2 rings (SSSR count). The van der Waals surface area contributed by atoms with Gasteiger partial charge in [-0.25, -0.2) is 0 Å². The fourth-order valence-corrected chi connectivity index (χ4v) is 3.20. The lowest BCUT2D eigenvalue weighted by molar-refractivity contribution is -0.151. The number of carboxylic acids is 1. The first-order valence-electron chi connectivity index (χ1n) is 4.58. The predicted octanol–water partition coefficient (Wildman–Crippen LogP) is -1.77. The van der Waals surface area contributed by atoms with Gasteiger partial charge in [0, 0.05) is 5.41 Å². The van der Waals surface area contributed by atoms with Crippen LogP contribution in [0.5, 0.6) is 0 Å². The van der Waals surface area contributed by atoms with Crippen molar-refractivity contribution in [1.82, 2.24) is 5.32 Å². The largest absolute Gasteiger partial charge is 0.480 e. The van der Waals surface area contributed by atoms with Gasteiger partial charge in [-0.05, 0) is 0 Å². The highest BCUT2D eigenvalue weighted by Crippen LogP contribution is 2.80. The van der Waals surface area contributed by atoms with Crippen LogP contribution in [-0.2, 0) is 19.2 Å². The van der Waals surface area contributed by atoms with Crippen LogP contribution >= 0.6 is 0 Å². The summed E-state index contributed by atoms with van der Waals surface area (Å²) in [5.41, 5.74) is -0.193.